The van der Waals surface area contributed by atoms with Crippen molar-refractivity contribution in [3.05, 3.63) is 66.3 Å². The van der Waals surface area contributed by atoms with E-state index in [1.807, 2.05) is 25.1 Å². The van der Waals surface area contributed by atoms with Gasteiger partial charge in [-0.05, 0) is 105 Å². The molecule has 0 bridgehead atoms. The van der Waals surface area contributed by atoms with Gasteiger partial charge < -0.3 is 4.74 Å². The first-order chi connectivity index (χ1) is 17.1. The fourth-order valence-electron chi connectivity index (χ4n) is 6.47. The molecule has 0 N–H and O–H groups in total. The Labute approximate surface area is 210 Å². The lowest BCUT2D eigenvalue weighted by atomic mass is 9.68. The largest absolute Gasteiger partial charge is 0.486 e. The average Bonchev–Trinajstić information content (AvgIpc) is 2.90. The van der Waals surface area contributed by atoms with Crippen molar-refractivity contribution in [2.24, 2.45) is 23.7 Å². The van der Waals surface area contributed by atoms with Crippen LogP contribution in [0.5, 0.6) is 5.75 Å². The van der Waals surface area contributed by atoms with Gasteiger partial charge in [0.15, 0.2) is 11.6 Å². The molecule has 2 aliphatic carbocycles. The molecule has 0 unspecified atom stereocenters. The quantitative estimate of drug-likeness (QED) is 0.308. The Balaban J connectivity index is 1.26. The Morgan fingerprint density at radius 1 is 0.886 bits per heavy atom. The van der Waals surface area contributed by atoms with Gasteiger partial charge in [-0.2, -0.15) is 4.39 Å². The summed E-state index contributed by atoms with van der Waals surface area (Å²) in [6.45, 7) is 5.97. The van der Waals surface area contributed by atoms with Crippen LogP contribution in [0.15, 0.2) is 49.1 Å². The van der Waals surface area contributed by atoms with Gasteiger partial charge in [0.25, 0.3) is 0 Å². The average molecular weight is 481 g/mol. The van der Waals surface area contributed by atoms with Crippen molar-refractivity contribution in [1.82, 2.24) is 0 Å². The summed E-state index contributed by atoms with van der Waals surface area (Å²) in [5.74, 6) is 1.83. The zero-order chi connectivity index (χ0) is 24.6. The van der Waals surface area contributed by atoms with Crippen molar-refractivity contribution in [1.29, 1.82) is 0 Å². The summed E-state index contributed by atoms with van der Waals surface area (Å²) in [7, 11) is 0. The number of halogens is 2. The topological polar surface area (TPSA) is 9.23 Å². The minimum absolute atomic E-state index is 0.0251. The molecule has 0 aliphatic heterocycles. The molecule has 0 atom stereocenters. The molecule has 1 nitrogen and oxygen atoms in total. The first-order valence-corrected chi connectivity index (χ1v) is 13.8. The lowest BCUT2D eigenvalue weighted by Crippen LogP contribution is -2.26. The van der Waals surface area contributed by atoms with Crippen LogP contribution >= 0.6 is 0 Å². The van der Waals surface area contributed by atoms with E-state index in [2.05, 4.69) is 18.7 Å². The first-order valence-electron chi connectivity index (χ1n) is 13.8. The van der Waals surface area contributed by atoms with Crippen LogP contribution in [0.4, 0.5) is 8.78 Å². The minimum atomic E-state index is -0.896. The summed E-state index contributed by atoms with van der Waals surface area (Å²) in [5.41, 5.74) is 1.10. The summed E-state index contributed by atoms with van der Waals surface area (Å²) in [6, 6.07) is 7.40. The van der Waals surface area contributed by atoms with Crippen LogP contribution in [0.2, 0.25) is 0 Å². The van der Waals surface area contributed by atoms with Crippen molar-refractivity contribution in [3.63, 3.8) is 0 Å². The van der Waals surface area contributed by atoms with E-state index in [1.165, 1.54) is 64.2 Å². The number of aryl methyl sites for hydroxylation is 1. The van der Waals surface area contributed by atoms with Crippen LogP contribution < -0.4 is 4.74 Å². The van der Waals surface area contributed by atoms with Crippen molar-refractivity contribution < 1.29 is 13.5 Å². The Morgan fingerprint density at radius 2 is 1.54 bits per heavy atom. The molecule has 4 rings (SSSR count). The molecule has 190 valence electrons. The number of rotatable bonds is 10. The highest BCUT2D eigenvalue weighted by atomic mass is 19.2. The molecule has 3 heteroatoms. The fourth-order valence-corrected chi connectivity index (χ4v) is 6.47. The lowest BCUT2D eigenvalue weighted by Gasteiger charge is -2.38. The third kappa shape index (κ3) is 6.74. The maximum atomic E-state index is 14.8. The van der Waals surface area contributed by atoms with Gasteiger partial charge in [0.05, 0.1) is 0 Å². The Morgan fingerprint density at radius 3 is 2.17 bits per heavy atom. The second-order valence-corrected chi connectivity index (χ2v) is 10.9. The smallest absolute Gasteiger partial charge is 0.201 e. The van der Waals surface area contributed by atoms with Crippen LogP contribution in [0.3, 0.4) is 0 Å². The second kappa shape index (κ2) is 12.7. The molecule has 0 saturated heterocycles. The van der Waals surface area contributed by atoms with Crippen molar-refractivity contribution in [2.75, 3.05) is 6.61 Å². The predicted molar refractivity (Wildman–Crippen MR) is 143 cm³/mol. The molecular formula is C32H42F2O. The van der Waals surface area contributed by atoms with E-state index in [1.54, 1.807) is 12.1 Å². The molecule has 0 radical (unpaired) electrons. The molecule has 2 aromatic rings. The zero-order valence-corrected chi connectivity index (χ0v) is 21.4. The Hall–Kier alpha value is -2.16. The third-order valence-electron chi connectivity index (χ3n) is 8.69. The van der Waals surface area contributed by atoms with E-state index in [0.29, 0.717) is 10.8 Å². The standard InChI is InChI=1S/C32H42F2O/c1-3-5-7-23-10-15-26(16-11-23)27-17-12-24(13-18-27)8-9-25-14-19-28-22-30(35-20-6-4-2)32(34)31(33)29(28)21-25/h3-4,6,14,19,21-24,26-27H,1,5,7-13,15-18,20H2,2H3. The van der Waals surface area contributed by atoms with Crippen molar-refractivity contribution in [3.8, 4) is 5.75 Å². The maximum absolute atomic E-state index is 14.8. The molecule has 0 aromatic heterocycles. The van der Waals surface area contributed by atoms with Crippen LogP contribution in [0.1, 0.15) is 83.1 Å². The summed E-state index contributed by atoms with van der Waals surface area (Å²) < 4.78 is 34.7. The number of ether oxygens (including phenoxy) is 1. The van der Waals surface area contributed by atoms with Gasteiger partial charge in [0.1, 0.15) is 6.61 Å². The van der Waals surface area contributed by atoms with E-state index in [9.17, 15) is 8.78 Å². The molecule has 0 amide bonds. The molecule has 2 aromatic carbocycles. The molecule has 0 spiro atoms. The summed E-state index contributed by atoms with van der Waals surface area (Å²) >= 11 is 0. The fraction of sp³-hybridized carbons (Fsp3) is 0.562. The number of fused-ring (bicyclic) bond motifs is 1. The summed E-state index contributed by atoms with van der Waals surface area (Å²) in [5, 5.41) is 1.04. The van der Waals surface area contributed by atoms with E-state index in [4.69, 9.17) is 4.74 Å². The van der Waals surface area contributed by atoms with Gasteiger partial charge in [-0.15, -0.1) is 6.58 Å². The van der Waals surface area contributed by atoms with Gasteiger partial charge in [0.2, 0.25) is 5.82 Å². The molecule has 35 heavy (non-hydrogen) atoms. The van der Waals surface area contributed by atoms with Crippen LogP contribution in [-0.4, -0.2) is 6.61 Å². The number of benzene rings is 2. The number of hydrogen-bond donors (Lipinski definition) is 0. The third-order valence-corrected chi connectivity index (χ3v) is 8.69. The van der Waals surface area contributed by atoms with E-state index in [-0.39, 0.29) is 12.4 Å². The molecule has 0 heterocycles. The normalized spacial score (nSPS) is 25.2. The van der Waals surface area contributed by atoms with Crippen molar-refractivity contribution >= 4 is 10.8 Å². The summed E-state index contributed by atoms with van der Waals surface area (Å²) in [4.78, 5) is 0. The van der Waals surface area contributed by atoms with Crippen LogP contribution in [0, 0.1) is 35.3 Å². The Kier molecular flexibility index (Phi) is 9.40. The number of hydrogen-bond acceptors (Lipinski definition) is 1. The summed E-state index contributed by atoms with van der Waals surface area (Å²) in [6.07, 6.45) is 21.3. The second-order valence-electron chi connectivity index (χ2n) is 10.9. The highest BCUT2D eigenvalue weighted by Gasteiger charge is 2.30. The Bertz CT molecular complexity index is 994. The molecular weight excluding hydrogens is 438 g/mol. The van der Waals surface area contributed by atoms with E-state index < -0.39 is 11.6 Å². The highest BCUT2D eigenvalue weighted by molar-refractivity contribution is 5.85. The van der Waals surface area contributed by atoms with Gasteiger partial charge in [0, 0.05) is 5.39 Å². The van der Waals surface area contributed by atoms with Crippen LogP contribution in [-0.2, 0) is 6.42 Å². The van der Waals surface area contributed by atoms with Crippen molar-refractivity contribution in [2.45, 2.75) is 84.0 Å². The van der Waals surface area contributed by atoms with Gasteiger partial charge in [-0.3, -0.25) is 0 Å². The van der Waals surface area contributed by atoms with E-state index in [0.717, 1.165) is 42.1 Å². The van der Waals surface area contributed by atoms with Gasteiger partial charge >= 0.3 is 0 Å². The minimum Gasteiger partial charge on any atom is -0.486 e. The predicted octanol–water partition coefficient (Wildman–Crippen LogP) is 9.58. The molecule has 2 saturated carbocycles. The van der Waals surface area contributed by atoms with E-state index >= 15 is 0 Å². The number of allylic oxidation sites excluding steroid dienone is 2. The lowest BCUT2D eigenvalue weighted by molar-refractivity contribution is 0.141. The van der Waals surface area contributed by atoms with Gasteiger partial charge in [-0.25, -0.2) is 4.39 Å². The maximum Gasteiger partial charge on any atom is 0.201 e. The zero-order valence-electron chi connectivity index (χ0n) is 21.4. The first kappa shape index (κ1) is 25.9. The monoisotopic (exact) mass is 480 g/mol. The highest BCUT2D eigenvalue weighted by Crippen LogP contribution is 2.43. The van der Waals surface area contributed by atoms with Gasteiger partial charge in [-0.1, -0.05) is 56.0 Å². The van der Waals surface area contributed by atoms with Crippen LogP contribution in [0.25, 0.3) is 10.8 Å². The SMILES string of the molecule is C=CCCC1CCC(C2CCC(CCc3ccc4cc(OCC=CC)c(F)c(F)c4c3)CC2)CC1. The molecule has 2 fully saturated rings. The molecule has 2 aliphatic rings.